The van der Waals surface area contributed by atoms with Crippen molar-refractivity contribution in [3.8, 4) is 0 Å². The second kappa shape index (κ2) is 8.76. The number of likely N-dealkylation sites (tertiary alicyclic amines) is 1. The van der Waals surface area contributed by atoms with Crippen molar-refractivity contribution in [1.29, 1.82) is 0 Å². The number of carbonyl (C=O) groups excluding carboxylic acids is 2. The second-order valence-electron chi connectivity index (χ2n) is 8.54. The van der Waals surface area contributed by atoms with Crippen molar-refractivity contribution in [3.63, 3.8) is 0 Å². The number of aromatic amines is 1. The van der Waals surface area contributed by atoms with Gasteiger partial charge in [0.15, 0.2) is 4.77 Å². The van der Waals surface area contributed by atoms with Crippen LogP contribution in [0.1, 0.15) is 82.0 Å². The third-order valence-corrected chi connectivity index (χ3v) is 6.69. The monoisotopic (exact) mass is 405 g/mol. The highest BCUT2D eigenvalue weighted by Gasteiger charge is 2.33. The minimum absolute atomic E-state index is 0.126. The maximum Gasteiger partial charge on any atom is 0.224 e. The Morgan fingerprint density at radius 2 is 1.89 bits per heavy atom. The molecular weight excluding hydrogens is 374 g/mol. The number of nitrogens with one attached hydrogen (secondary N) is 2. The predicted octanol–water partition coefficient (Wildman–Crippen LogP) is 3.07. The van der Waals surface area contributed by atoms with E-state index in [1.165, 1.54) is 6.42 Å². The van der Waals surface area contributed by atoms with Crippen LogP contribution in [0.3, 0.4) is 0 Å². The molecule has 154 valence electrons. The van der Waals surface area contributed by atoms with Gasteiger partial charge in [-0.2, -0.15) is 5.10 Å². The summed E-state index contributed by atoms with van der Waals surface area (Å²) in [5.74, 6) is 1.65. The molecule has 2 saturated carbocycles. The standard InChI is InChI=1S/C20H31N5O2S/c26-17(10-11-21-19(27)14-5-2-1-3-6-14)24-12-4-7-15(13-24)18-22-23-20(28)25(18)16-8-9-16/h14-16H,1-13H2,(H,21,27)(H,23,28). The molecule has 28 heavy (non-hydrogen) atoms. The Morgan fingerprint density at radius 3 is 2.64 bits per heavy atom. The van der Waals surface area contributed by atoms with Crippen molar-refractivity contribution in [3.05, 3.63) is 10.6 Å². The zero-order chi connectivity index (χ0) is 19.5. The van der Waals surface area contributed by atoms with Crippen LogP contribution in [0.4, 0.5) is 0 Å². The van der Waals surface area contributed by atoms with Gasteiger partial charge >= 0.3 is 0 Å². The van der Waals surface area contributed by atoms with E-state index in [9.17, 15) is 9.59 Å². The Balaban J connectivity index is 1.28. The first kappa shape index (κ1) is 19.6. The fraction of sp³-hybridized carbons (Fsp3) is 0.800. The smallest absolute Gasteiger partial charge is 0.224 e. The predicted molar refractivity (Wildman–Crippen MR) is 108 cm³/mol. The average Bonchev–Trinajstić information content (AvgIpc) is 3.49. The lowest BCUT2D eigenvalue weighted by Gasteiger charge is -2.32. The fourth-order valence-electron chi connectivity index (χ4n) is 4.66. The molecule has 2 aliphatic carbocycles. The third kappa shape index (κ3) is 4.47. The van der Waals surface area contributed by atoms with Crippen LogP contribution in [0.2, 0.25) is 0 Å². The minimum atomic E-state index is 0.126. The zero-order valence-corrected chi connectivity index (χ0v) is 17.3. The van der Waals surface area contributed by atoms with E-state index in [4.69, 9.17) is 12.2 Å². The van der Waals surface area contributed by atoms with Crippen molar-refractivity contribution in [2.45, 2.75) is 76.2 Å². The van der Waals surface area contributed by atoms with Crippen LogP contribution in [0.25, 0.3) is 0 Å². The average molecular weight is 406 g/mol. The van der Waals surface area contributed by atoms with Crippen molar-refractivity contribution < 1.29 is 9.59 Å². The molecule has 1 unspecified atom stereocenters. The van der Waals surface area contributed by atoms with Gasteiger partial charge in [-0.1, -0.05) is 19.3 Å². The normalized spacial score (nSPS) is 23.6. The van der Waals surface area contributed by atoms with Gasteiger partial charge in [0.2, 0.25) is 11.8 Å². The first-order chi connectivity index (χ1) is 13.6. The summed E-state index contributed by atoms with van der Waals surface area (Å²) in [6.07, 6.45) is 10.2. The van der Waals surface area contributed by atoms with E-state index in [2.05, 4.69) is 20.1 Å². The Hall–Kier alpha value is -1.70. The largest absolute Gasteiger partial charge is 0.355 e. The lowest BCUT2D eigenvalue weighted by Crippen LogP contribution is -2.41. The summed E-state index contributed by atoms with van der Waals surface area (Å²) in [4.78, 5) is 26.9. The molecule has 1 aromatic heterocycles. The molecule has 7 nitrogen and oxygen atoms in total. The number of rotatable bonds is 6. The molecule has 2 amide bonds. The van der Waals surface area contributed by atoms with Crippen molar-refractivity contribution >= 4 is 24.0 Å². The third-order valence-electron chi connectivity index (χ3n) is 6.40. The summed E-state index contributed by atoms with van der Waals surface area (Å²) >= 11 is 5.40. The van der Waals surface area contributed by atoms with Crippen LogP contribution < -0.4 is 5.32 Å². The van der Waals surface area contributed by atoms with E-state index in [0.717, 1.165) is 63.7 Å². The molecule has 0 aromatic carbocycles. The lowest BCUT2D eigenvalue weighted by molar-refractivity contribution is -0.132. The highest BCUT2D eigenvalue weighted by molar-refractivity contribution is 7.71. The van der Waals surface area contributed by atoms with E-state index in [0.29, 0.717) is 30.3 Å². The van der Waals surface area contributed by atoms with Crippen LogP contribution >= 0.6 is 12.2 Å². The Labute approximate surface area is 171 Å². The molecule has 2 N–H and O–H groups in total. The summed E-state index contributed by atoms with van der Waals surface area (Å²) in [5, 5.41) is 10.4. The van der Waals surface area contributed by atoms with Crippen molar-refractivity contribution in [1.82, 2.24) is 25.0 Å². The topological polar surface area (TPSA) is 83.0 Å². The number of amides is 2. The molecule has 1 aromatic rings. The van der Waals surface area contributed by atoms with E-state index in [-0.39, 0.29) is 23.7 Å². The van der Waals surface area contributed by atoms with Crippen LogP contribution in [-0.2, 0) is 9.59 Å². The van der Waals surface area contributed by atoms with Crippen LogP contribution in [0.15, 0.2) is 0 Å². The van der Waals surface area contributed by atoms with Gasteiger partial charge < -0.3 is 14.8 Å². The minimum Gasteiger partial charge on any atom is -0.355 e. The van der Waals surface area contributed by atoms with Gasteiger partial charge in [-0.3, -0.25) is 14.7 Å². The number of H-pyrrole nitrogens is 1. The number of aromatic nitrogens is 3. The van der Waals surface area contributed by atoms with Gasteiger partial charge in [0.05, 0.1) is 0 Å². The molecule has 0 radical (unpaired) electrons. The molecule has 3 fully saturated rings. The molecule has 3 aliphatic rings. The maximum absolute atomic E-state index is 12.7. The van der Waals surface area contributed by atoms with E-state index >= 15 is 0 Å². The summed E-state index contributed by atoms with van der Waals surface area (Å²) < 4.78 is 2.87. The molecular formula is C20H31N5O2S. The molecule has 0 bridgehead atoms. The Morgan fingerprint density at radius 1 is 1.11 bits per heavy atom. The molecule has 1 saturated heterocycles. The van der Waals surface area contributed by atoms with Crippen molar-refractivity contribution in [2.24, 2.45) is 5.92 Å². The van der Waals surface area contributed by atoms with Gasteiger partial charge in [0.1, 0.15) is 5.82 Å². The summed E-state index contributed by atoms with van der Waals surface area (Å²) in [7, 11) is 0. The van der Waals surface area contributed by atoms with Crippen LogP contribution in [0, 0.1) is 10.7 Å². The zero-order valence-electron chi connectivity index (χ0n) is 16.5. The number of piperidine rings is 1. The van der Waals surface area contributed by atoms with Gasteiger partial charge in [0, 0.05) is 43.9 Å². The summed E-state index contributed by atoms with van der Waals surface area (Å²) in [6.45, 7) is 1.93. The molecule has 1 atom stereocenters. The molecule has 0 spiro atoms. The Kier molecular flexibility index (Phi) is 6.13. The van der Waals surface area contributed by atoms with E-state index in [1.54, 1.807) is 0 Å². The first-order valence-electron chi connectivity index (χ1n) is 10.9. The highest BCUT2D eigenvalue weighted by Crippen LogP contribution is 2.38. The summed E-state index contributed by atoms with van der Waals surface area (Å²) in [6, 6.07) is 0.488. The Bertz CT molecular complexity index is 763. The number of hydrogen-bond acceptors (Lipinski definition) is 4. The molecule has 1 aliphatic heterocycles. The highest BCUT2D eigenvalue weighted by atomic mass is 32.1. The number of carbonyl (C=O) groups is 2. The summed E-state index contributed by atoms with van der Waals surface area (Å²) in [5.41, 5.74) is 0. The molecule has 4 rings (SSSR count). The van der Waals surface area contributed by atoms with E-state index in [1.807, 2.05) is 4.90 Å². The maximum atomic E-state index is 12.7. The number of hydrogen-bond donors (Lipinski definition) is 2. The van der Waals surface area contributed by atoms with Gasteiger partial charge in [-0.05, 0) is 50.7 Å². The molecule has 8 heteroatoms. The SMILES string of the molecule is O=C(NCCC(=O)N1CCCC(c2n[nH]c(=S)n2C2CC2)C1)C1CCCCC1. The quantitative estimate of drug-likeness (QED) is 0.713. The lowest BCUT2D eigenvalue weighted by atomic mass is 9.89. The van der Waals surface area contributed by atoms with E-state index < -0.39 is 0 Å². The van der Waals surface area contributed by atoms with Gasteiger partial charge in [0.25, 0.3) is 0 Å². The number of nitrogens with zero attached hydrogens (tertiary/aromatic N) is 3. The fourth-order valence-corrected chi connectivity index (χ4v) is 4.95. The van der Waals surface area contributed by atoms with Gasteiger partial charge in [-0.25, -0.2) is 0 Å². The molecule has 2 heterocycles. The first-order valence-corrected chi connectivity index (χ1v) is 11.3. The van der Waals surface area contributed by atoms with Crippen LogP contribution in [0.5, 0.6) is 0 Å². The van der Waals surface area contributed by atoms with Crippen molar-refractivity contribution in [2.75, 3.05) is 19.6 Å². The van der Waals surface area contributed by atoms with Crippen LogP contribution in [-0.4, -0.2) is 51.1 Å². The second-order valence-corrected chi connectivity index (χ2v) is 8.93. The van der Waals surface area contributed by atoms with Gasteiger partial charge in [-0.15, -0.1) is 0 Å².